The van der Waals surface area contributed by atoms with Crippen LogP contribution in [-0.4, -0.2) is 21.9 Å². The molecule has 0 aromatic carbocycles. The van der Waals surface area contributed by atoms with Crippen LogP contribution in [0.2, 0.25) is 0 Å². The van der Waals surface area contributed by atoms with Crippen molar-refractivity contribution in [3.63, 3.8) is 0 Å². The van der Waals surface area contributed by atoms with E-state index in [2.05, 4.69) is 10.3 Å². The number of amidine groups is 1. The SMILES string of the molecule is CC1=NC(C)(C)C(=O)N1.[O-][Cl+3]([O-])([O-])O. The van der Waals surface area contributed by atoms with Gasteiger partial charge in [0, 0.05) is 0 Å². The summed E-state index contributed by atoms with van der Waals surface area (Å²) in [6.07, 6.45) is 0. The molecule has 1 aliphatic rings. The summed E-state index contributed by atoms with van der Waals surface area (Å²) in [5.74, 6) is 0.699. The lowest BCUT2D eigenvalue weighted by Gasteiger charge is -2.07. The highest BCUT2D eigenvalue weighted by molar-refractivity contribution is 6.06. The lowest BCUT2D eigenvalue weighted by atomic mass is 10.1. The van der Waals surface area contributed by atoms with Gasteiger partial charge in [-0.05, 0) is 20.8 Å². The van der Waals surface area contributed by atoms with Gasteiger partial charge in [-0.3, -0.25) is 9.79 Å². The van der Waals surface area contributed by atoms with E-state index in [9.17, 15) is 4.79 Å². The average Bonchev–Trinajstić information content (AvgIpc) is 1.99. The third kappa shape index (κ3) is 5.84. The predicted octanol–water partition coefficient (Wildman–Crippen LogP) is -3.81. The van der Waals surface area contributed by atoms with E-state index >= 15 is 0 Å². The van der Waals surface area contributed by atoms with Crippen LogP contribution in [0.1, 0.15) is 20.8 Å². The lowest BCUT2D eigenvalue weighted by molar-refractivity contribution is -1.92. The first-order valence-corrected chi connectivity index (χ1v) is 4.80. The van der Waals surface area contributed by atoms with Crippen LogP contribution < -0.4 is 19.3 Å². The van der Waals surface area contributed by atoms with Gasteiger partial charge in [-0.25, -0.2) is 0 Å². The standard InChI is InChI=1S/C6H10N2O.ClHO4/c1-4-7-5(9)6(2,3)8-4;2-1(3,4)5/h1-3H3,(H,7,8,9);(H,2,3,4,5). The summed E-state index contributed by atoms with van der Waals surface area (Å²) < 4.78 is 32.7. The Kier molecular flexibility index (Phi) is 3.98. The molecule has 0 radical (unpaired) electrons. The molecular formula is C6H11ClN2O5. The van der Waals surface area contributed by atoms with E-state index in [4.69, 9.17) is 18.6 Å². The second-order valence-corrected chi connectivity index (χ2v) is 3.90. The fraction of sp³-hybridized carbons (Fsp3) is 0.667. The Labute approximate surface area is 82.8 Å². The number of hydrogen-bond acceptors (Lipinski definition) is 6. The third-order valence-corrected chi connectivity index (χ3v) is 1.30. The van der Waals surface area contributed by atoms with Gasteiger partial charge in [-0.2, -0.15) is 14.0 Å². The lowest BCUT2D eigenvalue weighted by Crippen LogP contribution is -2.58. The molecule has 82 valence electrons. The molecule has 8 heteroatoms. The van der Waals surface area contributed by atoms with Crippen LogP contribution in [0.25, 0.3) is 0 Å². The summed E-state index contributed by atoms with van der Waals surface area (Å²) >= 11 is 0. The van der Waals surface area contributed by atoms with Gasteiger partial charge in [0.2, 0.25) is 0 Å². The van der Waals surface area contributed by atoms with Gasteiger partial charge in [0.05, 0.1) is 14.9 Å². The minimum atomic E-state index is -4.69. The average molecular weight is 227 g/mol. The molecule has 0 saturated heterocycles. The molecule has 0 fully saturated rings. The maximum absolute atomic E-state index is 10.9. The summed E-state index contributed by atoms with van der Waals surface area (Å²) in [5.41, 5.74) is -0.538. The first-order valence-electron chi connectivity index (χ1n) is 3.53. The molecule has 2 N–H and O–H groups in total. The van der Waals surface area contributed by atoms with Crippen molar-refractivity contribution in [2.45, 2.75) is 26.3 Å². The topological polar surface area (TPSA) is 131 Å². The Morgan fingerprint density at radius 1 is 1.43 bits per heavy atom. The molecule has 7 nitrogen and oxygen atoms in total. The highest BCUT2D eigenvalue weighted by Crippen LogP contribution is 2.13. The van der Waals surface area contributed by atoms with Crippen molar-refractivity contribution < 1.29 is 33.7 Å². The second kappa shape index (κ2) is 4.20. The van der Waals surface area contributed by atoms with E-state index < -0.39 is 15.8 Å². The zero-order valence-electron chi connectivity index (χ0n) is 7.91. The smallest absolute Gasteiger partial charge is 0.252 e. The summed E-state index contributed by atoms with van der Waals surface area (Å²) in [6.45, 7) is 5.37. The van der Waals surface area contributed by atoms with Gasteiger partial charge in [0.1, 0.15) is 11.4 Å². The van der Waals surface area contributed by atoms with E-state index in [-0.39, 0.29) is 5.91 Å². The van der Waals surface area contributed by atoms with Gasteiger partial charge in [-0.15, -0.1) is 0 Å². The van der Waals surface area contributed by atoms with Crippen LogP contribution in [-0.2, 0) is 4.79 Å². The Morgan fingerprint density at radius 2 is 1.79 bits per heavy atom. The minimum Gasteiger partial charge on any atom is -0.313 e. The van der Waals surface area contributed by atoms with E-state index in [1.165, 1.54) is 0 Å². The first-order chi connectivity index (χ1) is 6.02. The quantitative estimate of drug-likeness (QED) is 0.437. The summed E-state index contributed by atoms with van der Waals surface area (Å²) in [5, 5.41) is 2.62. The molecule has 1 rings (SSSR count). The predicted molar refractivity (Wildman–Crippen MR) is 37.5 cm³/mol. The number of halogens is 1. The molecular weight excluding hydrogens is 216 g/mol. The summed E-state index contributed by atoms with van der Waals surface area (Å²) in [6, 6.07) is 0. The number of aliphatic imine (C=N–C) groups is 1. The molecule has 0 atom stereocenters. The van der Waals surface area contributed by atoms with Crippen LogP contribution in [0.5, 0.6) is 0 Å². The maximum Gasteiger partial charge on any atom is 0.252 e. The number of amides is 1. The van der Waals surface area contributed by atoms with E-state index in [1.54, 1.807) is 20.8 Å². The summed E-state index contributed by atoms with van der Waals surface area (Å²) in [4.78, 5) is 14.9. The molecule has 1 amide bonds. The first kappa shape index (κ1) is 13.3. The van der Waals surface area contributed by atoms with Gasteiger partial charge in [0.25, 0.3) is 5.91 Å². The molecule has 0 aromatic rings. The Bertz CT molecular complexity index is 251. The van der Waals surface area contributed by atoms with Crippen LogP contribution in [0.4, 0.5) is 0 Å². The van der Waals surface area contributed by atoms with Gasteiger partial charge < -0.3 is 5.32 Å². The Morgan fingerprint density at radius 3 is 1.86 bits per heavy atom. The van der Waals surface area contributed by atoms with Crippen molar-refractivity contribution in [2.24, 2.45) is 4.99 Å². The van der Waals surface area contributed by atoms with Gasteiger partial charge in [0.15, 0.2) is 0 Å². The minimum absolute atomic E-state index is 0.0139. The molecule has 14 heavy (non-hydrogen) atoms. The Balaban J connectivity index is 0.000000292. The molecule has 1 heterocycles. The van der Waals surface area contributed by atoms with Crippen molar-refractivity contribution in [2.75, 3.05) is 0 Å². The largest absolute Gasteiger partial charge is 0.313 e. The van der Waals surface area contributed by atoms with E-state index in [0.29, 0.717) is 5.84 Å². The molecule has 0 aliphatic carbocycles. The zero-order valence-corrected chi connectivity index (χ0v) is 8.66. The molecule has 0 unspecified atom stereocenters. The van der Waals surface area contributed by atoms with Gasteiger partial charge >= 0.3 is 0 Å². The fourth-order valence-electron chi connectivity index (χ4n) is 0.815. The van der Waals surface area contributed by atoms with E-state index in [1.807, 2.05) is 0 Å². The highest BCUT2D eigenvalue weighted by Gasteiger charge is 2.31. The van der Waals surface area contributed by atoms with Crippen LogP contribution in [0, 0.1) is 10.2 Å². The van der Waals surface area contributed by atoms with Crippen molar-refractivity contribution in [3.8, 4) is 0 Å². The molecule has 0 spiro atoms. The molecule has 1 aliphatic heterocycles. The molecule has 0 saturated carbocycles. The Hall–Kier alpha value is -0.730. The monoisotopic (exact) mass is 226 g/mol. The fourth-order valence-corrected chi connectivity index (χ4v) is 0.815. The van der Waals surface area contributed by atoms with Crippen LogP contribution in [0.15, 0.2) is 4.99 Å². The highest BCUT2D eigenvalue weighted by atomic mass is 35.7. The van der Waals surface area contributed by atoms with Crippen LogP contribution >= 0.6 is 0 Å². The third-order valence-electron chi connectivity index (χ3n) is 1.30. The van der Waals surface area contributed by atoms with Crippen LogP contribution in [0.3, 0.4) is 0 Å². The number of carbonyl (C=O) groups excluding carboxylic acids is 1. The number of nitrogens with zero attached hydrogens (tertiary/aromatic N) is 1. The number of carbonyl (C=O) groups is 1. The normalized spacial score (nSPS) is 19.4. The van der Waals surface area contributed by atoms with E-state index in [0.717, 1.165) is 0 Å². The van der Waals surface area contributed by atoms with Crippen molar-refractivity contribution >= 4 is 11.7 Å². The van der Waals surface area contributed by atoms with Gasteiger partial charge in [-0.1, -0.05) is 0 Å². The second-order valence-electron chi connectivity index (χ2n) is 3.11. The number of rotatable bonds is 0. The summed E-state index contributed by atoms with van der Waals surface area (Å²) in [7, 11) is -4.69. The molecule has 0 aromatic heterocycles. The van der Waals surface area contributed by atoms with Crippen molar-refractivity contribution in [1.29, 1.82) is 0 Å². The van der Waals surface area contributed by atoms with Crippen molar-refractivity contribution in [3.05, 3.63) is 0 Å². The zero-order chi connectivity index (χ0) is 11.6. The van der Waals surface area contributed by atoms with Crippen molar-refractivity contribution in [1.82, 2.24) is 5.32 Å². The maximum atomic E-state index is 10.9. The number of nitrogens with one attached hydrogen (secondary N) is 1. The number of hydrogen-bond donors (Lipinski definition) is 2. The molecule has 0 bridgehead atoms.